The SMILES string of the molecule is Cc1ccc2nc(N3CC(c4nccnc4N4CCC(C#N)CC4)C3)cc(Cl)c2c1. The van der Waals surface area contributed by atoms with E-state index in [0.717, 1.165) is 72.3 Å². The zero-order valence-corrected chi connectivity index (χ0v) is 17.7. The lowest BCUT2D eigenvalue weighted by atomic mass is 9.94. The van der Waals surface area contributed by atoms with E-state index < -0.39 is 0 Å². The summed E-state index contributed by atoms with van der Waals surface area (Å²) in [6.07, 6.45) is 5.32. The number of benzene rings is 1. The van der Waals surface area contributed by atoms with Crippen LogP contribution in [-0.2, 0) is 0 Å². The molecule has 0 unspecified atom stereocenters. The van der Waals surface area contributed by atoms with Gasteiger partial charge in [-0.25, -0.2) is 9.97 Å². The Kier molecular flexibility index (Phi) is 4.92. The predicted molar refractivity (Wildman–Crippen MR) is 119 cm³/mol. The first-order valence-electron chi connectivity index (χ1n) is 10.4. The van der Waals surface area contributed by atoms with Gasteiger partial charge in [-0.15, -0.1) is 0 Å². The van der Waals surface area contributed by atoms with E-state index in [1.807, 2.05) is 12.1 Å². The van der Waals surface area contributed by atoms with Crippen LogP contribution < -0.4 is 9.80 Å². The van der Waals surface area contributed by atoms with Gasteiger partial charge in [0.05, 0.1) is 22.3 Å². The standard InChI is InChI=1S/C23H23ClN6/c1-15-2-3-20-18(10-15)19(24)11-21(28-20)30-13-17(14-30)22-23(27-7-6-26-22)29-8-4-16(12-25)5-9-29/h2-3,6-7,10-11,16-17H,4-5,8-9,13-14H2,1H3. The highest BCUT2D eigenvalue weighted by Gasteiger charge is 2.34. The normalized spacial score (nSPS) is 17.8. The fourth-order valence-corrected chi connectivity index (χ4v) is 4.63. The number of aryl methyl sites for hydroxylation is 1. The third-order valence-electron chi connectivity index (χ3n) is 6.18. The molecule has 0 bridgehead atoms. The van der Waals surface area contributed by atoms with Gasteiger partial charge in [0, 0.05) is 55.8 Å². The van der Waals surface area contributed by atoms with Gasteiger partial charge in [-0.05, 0) is 38.0 Å². The maximum atomic E-state index is 9.16. The Morgan fingerprint density at radius 1 is 1.07 bits per heavy atom. The van der Waals surface area contributed by atoms with E-state index in [9.17, 15) is 0 Å². The van der Waals surface area contributed by atoms with Crippen molar-refractivity contribution in [3.05, 3.63) is 52.9 Å². The minimum Gasteiger partial charge on any atom is -0.355 e. The Bertz CT molecular complexity index is 1130. The van der Waals surface area contributed by atoms with Gasteiger partial charge in [0.1, 0.15) is 5.82 Å². The van der Waals surface area contributed by atoms with Gasteiger partial charge in [0.15, 0.2) is 5.82 Å². The summed E-state index contributed by atoms with van der Waals surface area (Å²) in [6, 6.07) is 10.5. The van der Waals surface area contributed by atoms with E-state index in [1.54, 1.807) is 12.4 Å². The monoisotopic (exact) mass is 418 g/mol. The molecule has 0 atom stereocenters. The van der Waals surface area contributed by atoms with Gasteiger partial charge in [-0.1, -0.05) is 23.2 Å². The number of hydrogen-bond donors (Lipinski definition) is 0. The Morgan fingerprint density at radius 2 is 1.83 bits per heavy atom. The fraction of sp³-hybridized carbons (Fsp3) is 0.391. The summed E-state index contributed by atoms with van der Waals surface area (Å²) in [5.41, 5.74) is 3.15. The molecule has 30 heavy (non-hydrogen) atoms. The lowest BCUT2D eigenvalue weighted by Gasteiger charge is -2.41. The second-order valence-corrected chi connectivity index (χ2v) is 8.65. The van der Waals surface area contributed by atoms with Gasteiger partial charge < -0.3 is 9.80 Å². The summed E-state index contributed by atoms with van der Waals surface area (Å²) >= 11 is 6.54. The molecule has 0 radical (unpaired) electrons. The number of anilines is 2. The van der Waals surface area contributed by atoms with Gasteiger partial charge in [-0.2, -0.15) is 5.26 Å². The number of hydrogen-bond acceptors (Lipinski definition) is 6. The van der Waals surface area contributed by atoms with Crippen molar-refractivity contribution >= 4 is 34.1 Å². The molecular weight excluding hydrogens is 396 g/mol. The maximum absolute atomic E-state index is 9.16. The lowest BCUT2D eigenvalue weighted by Crippen LogP contribution is -2.47. The third-order valence-corrected chi connectivity index (χ3v) is 6.49. The van der Waals surface area contributed by atoms with Crippen molar-refractivity contribution in [3.63, 3.8) is 0 Å². The predicted octanol–water partition coefficient (Wildman–Crippen LogP) is 4.33. The van der Waals surface area contributed by atoms with Crippen LogP contribution in [0.4, 0.5) is 11.6 Å². The molecule has 2 aliphatic rings. The first-order valence-corrected chi connectivity index (χ1v) is 10.8. The summed E-state index contributed by atoms with van der Waals surface area (Å²) in [6.45, 7) is 5.48. The van der Waals surface area contributed by atoms with Crippen LogP contribution in [0.2, 0.25) is 5.02 Å². The summed E-state index contributed by atoms with van der Waals surface area (Å²) in [7, 11) is 0. The number of nitrogens with zero attached hydrogens (tertiary/aromatic N) is 6. The van der Waals surface area contributed by atoms with E-state index in [4.69, 9.17) is 21.8 Å². The van der Waals surface area contributed by atoms with E-state index in [-0.39, 0.29) is 5.92 Å². The van der Waals surface area contributed by atoms with Crippen molar-refractivity contribution in [2.45, 2.75) is 25.7 Å². The molecule has 0 aliphatic carbocycles. The molecule has 3 aromatic rings. The number of pyridine rings is 1. The number of piperidine rings is 1. The number of nitriles is 1. The molecule has 0 spiro atoms. The van der Waals surface area contributed by atoms with Crippen LogP contribution in [0.25, 0.3) is 10.9 Å². The van der Waals surface area contributed by atoms with E-state index in [1.165, 1.54) is 5.56 Å². The molecule has 2 aliphatic heterocycles. The van der Waals surface area contributed by atoms with E-state index >= 15 is 0 Å². The molecule has 2 aromatic heterocycles. The lowest BCUT2D eigenvalue weighted by molar-refractivity contribution is 0.473. The average Bonchev–Trinajstić information content (AvgIpc) is 2.74. The van der Waals surface area contributed by atoms with Crippen molar-refractivity contribution in [1.82, 2.24) is 15.0 Å². The number of fused-ring (bicyclic) bond motifs is 1. The molecule has 0 saturated carbocycles. The molecule has 2 saturated heterocycles. The largest absolute Gasteiger partial charge is 0.355 e. The zero-order chi connectivity index (χ0) is 20.7. The highest BCUT2D eigenvalue weighted by Crippen LogP contribution is 2.36. The van der Waals surface area contributed by atoms with Crippen LogP contribution in [0.5, 0.6) is 0 Å². The van der Waals surface area contributed by atoms with Crippen molar-refractivity contribution in [3.8, 4) is 6.07 Å². The smallest absolute Gasteiger partial charge is 0.150 e. The Hall–Kier alpha value is -2.91. The van der Waals surface area contributed by atoms with Crippen LogP contribution in [-0.4, -0.2) is 41.1 Å². The summed E-state index contributed by atoms with van der Waals surface area (Å²) in [5.74, 6) is 2.36. The maximum Gasteiger partial charge on any atom is 0.150 e. The van der Waals surface area contributed by atoms with E-state index in [0.29, 0.717) is 5.92 Å². The van der Waals surface area contributed by atoms with Gasteiger partial charge >= 0.3 is 0 Å². The Morgan fingerprint density at radius 3 is 2.60 bits per heavy atom. The number of aromatic nitrogens is 3. The summed E-state index contributed by atoms with van der Waals surface area (Å²) in [5, 5.41) is 10.9. The first kappa shape index (κ1) is 19.1. The highest BCUT2D eigenvalue weighted by atomic mass is 35.5. The second kappa shape index (κ2) is 7.73. The summed E-state index contributed by atoms with van der Waals surface area (Å²) < 4.78 is 0. The zero-order valence-electron chi connectivity index (χ0n) is 16.9. The topological polar surface area (TPSA) is 68.9 Å². The van der Waals surface area contributed by atoms with Gasteiger partial charge in [0.25, 0.3) is 0 Å². The first-order chi connectivity index (χ1) is 14.6. The minimum atomic E-state index is 0.160. The summed E-state index contributed by atoms with van der Waals surface area (Å²) in [4.78, 5) is 18.7. The molecule has 1 aromatic carbocycles. The minimum absolute atomic E-state index is 0.160. The molecular formula is C23H23ClN6. The molecule has 0 N–H and O–H groups in total. The fourth-order valence-electron chi connectivity index (χ4n) is 4.38. The van der Waals surface area contributed by atoms with Crippen LogP contribution in [0.1, 0.15) is 30.0 Å². The van der Waals surface area contributed by atoms with Gasteiger partial charge in [0.2, 0.25) is 0 Å². The van der Waals surface area contributed by atoms with Crippen LogP contribution in [0.3, 0.4) is 0 Å². The molecule has 6 nitrogen and oxygen atoms in total. The third kappa shape index (κ3) is 3.44. The number of halogens is 1. The van der Waals surface area contributed by atoms with Crippen LogP contribution in [0, 0.1) is 24.2 Å². The Balaban J connectivity index is 1.34. The molecule has 152 valence electrons. The molecule has 7 heteroatoms. The van der Waals surface area contributed by atoms with Crippen LogP contribution in [0.15, 0.2) is 36.7 Å². The molecule has 0 amide bonds. The highest BCUT2D eigenvalue weighted by molar-refractivity contribution is 6.35. The molecule has 5 rings (SSSR count). The van der Waals surface area contributed by atoms with Crippen molar-refractivity contribution in [2.75, 3.05) is 36.0 Å². The quantitative estimate of drug-likeness (QED) is 0.630. The molecule has 4 heterocycles. The number of rotatable bonds is 3. The second-order valence-electron chi connectivity index (χ2n) is 8.24. The van der Waals surface area contributed by atoms with Crippen molar-refractivity contribution in [2.24, 2.45) is 5.92 Å². The molecule has 2 fully saturated rings. The van der Waals surface area contributed by atoms with Crippen LogP contribution >= 0.6 is 11.6 Å². The van der Waals surface area contributed by atoms with Crippen molar-refractivity contribution < 1.29 is 0 Å². The van der Waals surface area contributed by atoms with Crippen molar-refractivity contribution in [1.29, 1.82) is 5.26 Å². The van der Waals surface area contributed by atoms with E-state index in [2.05, 4.69) is 44.9 Å². The Labute approximate surface area is 181 Å². The van der Waals surface area contributed by atoms with Gasteiger partial charge in [-0.3, -0.25) is 4.98 Å². The average molecular weight is 419 g/mol.